The predicted octanol–water partition coefficient (Wildman–Crippen LogP) is 7.78. The van der Waals surface area contributed by atoms with Gasteiger partial charge in [0.2, 0.25) is 0 Å². The van der Waals surface area contributed by atoms with Gasteiger partial charge in [-0.05, 0) is 90.1 Å². The van der Waals surface area contributed by atoms with Crippen molar-refractivity contribution in [2.75, 3.05) is 6.54 Å². The van der Waals surface area contributed by atoms with Crippen LogP contribution >= 0.6 is 0 Å². The molecule has 0 radical (unpaired) electrons. The zero-order valence-corrected chi connectivity index (χ0v) is 23.4. The Morgan fingerprint density at radius 3 is 1.54 bits per heavy atom. The zero-order chi connectivity index (χ0) is 27.7. The van der Waals surface area contributed by atoms with Crippen LogP contribution in [-0.4, -0.2) is 11.1 Å². The lowest BCUT2D eigenvalue weighted by Gasteiger charge is -2.17. The average molecular weight is 533 g/mol. The van der Waals surface area contributed by atoms with Gasteiger partial charge in [0.1, 0.15) is 0 Å². The molecule has 0 unspecified atom stereocenters. The quantitative estimate of drug-likeness (QED) is 0.230. The van der Waals surface area contributed by atoms with E-state index >= 15 is 0 Å². The van der Waals surface area contributed by atoms with E-state index in [9.17, 15) is 9.59 Å². The third kappa shape index (κ3) is 2.56. The summed E-state index contributed by atoms with van der Waals surface area (Å²) in [6.07, 6.45) is 2.05. The average Bonchev–Trinajstić information content (AvgIpc) is 3.46. The number of benzene rings is 7. The second-order valence-corrected chi connectivity index (χ2v) is 11.7. The van der Waals surface area contributed by atoms with Gasteiger partial charge in [-0.1, -0.05) is 68.8 Å². The summed E-state index contributed by atoms with van der Waals surface area (Å²) in [5, 5.41) is 20.9. The van der Waals surface area contributed by atoms with Gasteiger partial charge in [-0.2, -0.15) is 0 Å². The molecule has 4 nitrogen and oxygen atoms in total. The van der Waals surface area contributed by atoms with Crippen molar-refractivity contribution in [2.45, 2.75) is 33.2 Å². The van der Waals surface area contributed by atoms with Crippen LogP contribution in [0.3, 0.4) is 0 Å². The van der Waals surface area contributed by atoms with E-state index in [1.165, 1.54) is 48.0 Å². The third-order valence-electron chi connectivity index (χ3n) is 9.66. The van der Waals surface area contributed by atoms with Crippen LogP contribution in [0, 0.1) is 0 Å². The van der Waals surface area contributed by atoms with Crippen LogP contribution in [0.15, 0.2) is 70.3 Å². The van der Waals surface area contributed by atoms with Crippen LogP contribution in [0.25, 0.3) is 86.2 Å². The minimum absolute atomic E-state index is 0.205. The summed E-state index contributed by atoms with van der Waals surface area (Å²) in [6, 6.07) is 21.7. The fourth-order valence-electron chi connectivity index (χ4n) is 8.13. The lowest BCUT2D eigenvalue weighted by molar-refractivity contribution is 0.730. The number of nitrogens with zero attached hydrogens (tertiary/aromatic N) is 1. The summed E-state index contributed by atoms with van der Waals surface area (Å²) < 4.78 is 1.31. The molecule has 0 aliphatic carbocycles. The van der Waals surface area contributed by atoms with Crippen molar-refractivity contribution in [3.63, 3.8) is 0 Å². The first kappa shape index (κ1) is 23.2. The number of rotatable bonds is 5. The van der Waals surface area contributed by atoms with Crippen molar-refractivity contribution in [3.05, 3.63) is 92.5 Å². The summed E-state index contributed by atoms with van der Waals surface area (Å²) >= 11 is 0. The second-order valence-electron chi connectivity index (χ2n) is 11.7. The van der Waals surface area contributed by atoms with E-state index in [0.717, 1.165) is 69.0 Å². The largest absolute Gasteiger partial charge is 0.313 e. The van der Waals surface area contributed by atoms with Gasteiger partial charge in [0.05, 0.1) is 10.8 Å². The van der Waals surface area contributed by atoms with Gasteiger partial charge in [0.25, 0.3) is 11.1 Å². The highest BCUT2D eigenvalue weighted by Gasteiger charge is 2.31. The molecule has 0 fully saturated rings. The van der Waals surface area contributed by atoms with Crippen molar-refractivity contribution in [1.82, 2.24) is 9.88 Å². The van der Waals surface area contributed by atoms with Crippen LogP contribution in [-0.2, 0) is 20.0 Å². The third-order valence-corrected chi connectivity index (χ3v) is 9.66. The zero-order valence-electron chi connectivity index (χ0n) is 23.4. The molecule has 8 aromatic carbocycles. The van der Waals surface area contributed by atoms with Crippen molar-refractivity contribution >= 4 is 86.2 Å². The van der Waals surface area contributed by atoms with E-state index in [4.69, 9.17) is 0 Å². The molecule has 0 atom stereocenters. The summed E-state index contributed by atoms with van der Waals surface area (Å²) in [5.74, 6) is 0. The van der Waals surface area contributed by atoms with Crippen molar-refractivity contribution in [1.29, 1.82) is 0 Å². The minimum atomic E-state index is -0.205. The Morgan fingerprint density at radius 2 is 1.02 bits per heavy atom. The molecule has 0 aliphatic heterocycles. The Bertz CT molecular complexity index is 2560. The highest BCUT2D eigenvalue weighted by atomic mass is 16.2. The number of aromatic nitrogens is 1. The topological polar surface area (TPSA) is 51.1 Å². The van der Waals surface area contributed by atoms with Gasteiger partial charge in [-0.25, -0.2) is 0 Å². The Balaban J connectivity index is 1.77. The number of nitrogens with one attached hydrogen (secondary N) is 1. The first-order valence-electron chi connectivity index (χ1n) is 14.7. The summed E-state index contributed by atoms with van der Waals surface area (Å²) in [7, 11) is 1.62. The first-order chi connectivity index (χ1) is 20.1. The fraction of sp³-hybridized carbons (Fsp3) is 0.189. The summed E-state index contributed by atoms with van der Waals surface area (Å²) in [6.45, 7) is 6.10. The van der Waals surface area contributed by atoms with Gasteiger partial charge < -0.3 is 5.32 Å². The van der Waals surface area contributed by atoms with Gasteiger partial charge in [-0.3, -0.25) is 14.2 Å². The van der Waals surface area contributed by atoms with E-state index in [2.05, 4.69) is 73.8 Å². The molecule has 9 rings (SSSR count). The molecule has 4 heteroatoms. The Morgan fingerprint density at radius 1 is 0.561 bits per heavy atom. The minimum Gasteiger partial charge on any atom is -0.313 e. The molecule has 41 heavy (non-hydrogen) atoms. The molecule has 198 valence electrons. The standard InChI is InChI=1S/C37H28N2O2/c1-4-10-18-15-24-20-11-6-8-13-22(20)27-32-29(24)31-26(18)19(17-38-5-2)16-25-21-12-7-9-14-23(21)28(33(32)30(25)31)35-34(27)36(40)39(3)37(35)41/h6-9,11-16,38H,4-5,10,17H2,1-3H3. The maximum atomic E-state index is 13.9. The summed E-state index contributed by atoms with van der Waals surface area (Å²) in [4.78, 5) is 27.9. The van der Waals surface area contributed by atoms with E-state index in [-0.39, 0.29) is 11.1 Å². The van der Waals surface area contributed by atoms with Gasteiger partial charge >= 0.3 is 0 Å². The normalized spacial score (nSPS) is 13.0. The molecule has 9 aromatic rings. The second kappa shape index (κ2) is 7.80. The highest BCUT2D eigenvalue weighted by Crippen LogP contribution is 2.55. The molecular formula is C37H28N2O2. The highest BCUT2D eigenvalue weighted by molar-refractivity contribution is 6.55. The van der Waals surface area contributed by atoms with Crippen LogP contribution in [0.2, 0.25) is 0 Å². The molecule has 0 saturated heterocycles. The molecule has 0 saturated carbocycles. The van der Waals surface area contributed by atoms with Crippen molar-refractivity contribution in [3.8, 4) is 0 Å². The van der Waals surface area contributed by atoms with Gasteiger partial charge in [0.15, 0.2) is 0 Å². The van der Waals surface area contributed by atoms with Crippen molar-refractivity contribution in [2.24, 2.45) is 7.05 Å². The van der Waals surface area contributed by atoms with E-state index in [1.807, 2.05) is 6.07 Å². The number of hydrogen-bond donors (Lipinski definition) is 1. The maximum Gasteiger partial charge on any atom is 0.261 e. The maximum absolute atomic E-state index is 13.9. The predicted molar refractivity (Wildman–Crippen MR) is 174 cm³/mol. The molecule has 1 aromatic heterocycles. The van der Waals surface area contributed by atoms with Crippen LogP contribution in [0.1, 0.15) is 31.4 Å². The molecule has 1 N–H and O–H groups in total. The first-order valence-corrected chi connectivity index (χ1v) is 14.7. The smallest absolute Gasteiger partial charge is 0.261 e. The SMILES string of the molecule is CCCc1cc2c3ccccc3c3c4c(=O)n(C)c(=O)c4c4c5ccccc5c5cc(CNCC)c1c1c2c3c4c51. The van der Waals surface area contributed by atoms with Crippen LogP contribution in [0.4, 0.5) is 0 Å². The Kier molecular flexibility index (Phi) is 4.41. The molecular weight excluding hydrogens is 504 g/mol. The van der Waals surface area contributed by atoms with Crippen LogP contribution < -0.4 is 16.4 Å². The van der Waals surface area contributed by atoms with Gasteiger partial charge in [-0.15, -0.1) is 0 Å². The lowest BCUT2D eigenvalue weighted by Crippen LogP contribution is -2.21. The monoisotopic (exact) mass is 532 g/mol. The molecule has 0 aliphatic rings. The number of aryl methyl sites for hydroxylation is 1. The fourth-order valence-corrected chi connectivity index (χ4v) is 8.13. The summed E-state index contributed by atoms with van der Waals surface area (Å²) in [5.41, 5.74) is 2.28. The number of fused-ring (bicyclic) bond motifs is 9. The van der Waals surface area contributed by atoms with Crippen molar-refractivity contribution < 1.29 is 0 Å². The van der Waals surface area contributed by atoms with Gasteiger partial charge in [0, 0.05) is 35.1 Å². The van der Waals surface area contributed by atoms with E-state index in [0.29, 0.717) is 10.8 Å². The lowest BCUT2D eigenvalue weighted by atomic mass is 9.87. The van der Waals surface area contributed by atoms with E-state index in [1.54, 1.807) is 7.05 Å². The Labute approximate surface area is 235 Å². The molecule has 0 bridgehead atoms. The van der Waals surface area contributed by atoms with Crippen LogP contribution in [0.5, 0.6) is 0 Å². The van der Waals surface area contributed by atoms with E-state index < -0.39 is 0 Å². The Hall–Kier alpha value is -4.54. The molecule has 0 spiro atoms. The number of hydrogen-bond acceptors (Lipinski definition) is 3. The molecule has 1 heterocycles. The molecule has 0 amide bonds.